The van der Waals surface area contributed by atoms with Crippen molar-refractivity contribution in [3.8, 4) is 0 Å². The highest BCUT2D eigenvalue weighted by Gasteiger charge is 2.04. The zero-order valence-corrected chi connectivity index (χ0v) is 8.94. The molecule has 0 spiro atoms. The Morgan fingerprint density at radius 1 is 1.50 bits per heavy atom. The molecule has 4 heteroatoms. The van der Waals surface area contributed by atoms with Gasteiger partial charge in [0, 0.05) is 28.9 Å². The largest absolute Gasteiger partial charge is 0.330 e. The van der Waals surface area contributed by atoms with E-state index in [1.165, 1.54) is 12.1 Å². The van der Waals surface area contributed by atoms with E-state index in [2.05, 4.69) is 0 Å². The van der Waals surface area contributed by atoms with Gasteiger partial charge in [-0.2, -0.15) is 0 Å². The summed E-state index contributed by atoms with van der Waals surface area (Å²) in [4.78, 5) is 0. The number of hydrogen-bond acceptors (Lipinski definition) is 2. The minimum atomic E-state index is -0.981. The summed E-state index contributed by atoms with van der Waals surface area (Å²) in [6, 6.07) is 4.54. The molecule has 1 rings (SSSR count). The van der Waals surface area contributed by atoms with Gasteiger partial charge in [0.1, 0.15) is 5.82 Å². The van der Waals surface area contributed by atoms with Gasteiger partial charge >= 0.3 is 0 Å². The van der Waals surface area contributed by atoms with Crippen LogP contribution in [0.25, 0.3) is 0 Å². The molecule has 0 aliphatic heterocycles. The summed E-state index contributed by atoms with van der Waals surface area (Å²) in [7, 11) is -0.981. The maximum Gasteiger partial charge on any atom is 0.123 e. The summed E-state index contributed by atoms with van der Waals surface area (Å²) in [5, 5.41) is 0. The Kier molecular flexibility index (Phi) is 4.22. The van der Waals surface area contributed by atoms with E-state index in [-0.39, 0.29) is 5.82 Å². The molecular weight excluding hydrogens is 201 g/mol. The maximum absolute atomic E-state index is 12.9. The molecule has 0 bridgehead atoms. The second kappa shape index (κ2) is 5.22. The highest BCUT2D eigenvalue weighted by atomic mass is 32.2. The quantitative estimate of drug-likeness (QED) is 0.823. The summed E-state index contributed by atoms with van der Waals surface area (Å²) in [6.45, 7) is 2.29. The fourth-order valence-electron chi connectivity index (χ4n) is 1.17. The molecule has 14 heavy (non-hydrogen) atoms. The Hall–Kier alpha value is -0.740. The van der Waals surface area contributed by atoms with Gasteiger partial charge in [-0.3, -0.25) is 4.21 Å². The van der Waals surface area contributed by atoms with Crippen LogP contribution >= 0.6 is 0 Å². The van der Waals surface area contributed by atoms with Crippen molar-refractivity contribution >= 4 is 10.8 Å². The fourth-order valence-corrected chi connectivity index (χ4v) is 2.24. The number of nitrogens with two attached hydrogens (primary N) is 1. The summed E-state index contributed by atoms with van der Waals surface area (Å²) in [6.07, 6.45) is 0. The third-order valence-corrected chi connectivity index (χ3v) is 3.30. The predicted molar refractivity (Wildman–Crippen MR) is 56.9 cm³/mol. The smallest absolute Gasteiger partial charge is 0.123 e. The van der Waals surface area contributed by atoms with Gasteiger partial charge in [0.25, 0.3) is 0 Å². The van der Waals surface area contributed by atoms with Crippen molar-refractivity contribution in [1.29, 1.82) is 0 Å². The Bertz CT molecular complexity index is 341. The van der Waals surface area contributed by atoms with Crippen LogP contribution in [0.3, 0.4) is 0 Å². The molecule has 0 aliphatic carbocycles. The predicted octanol–water partition coefficient (Wildman–Crippen LogP) is 1.34. The van der Waals surface area contributed by atoms with Crippen LogP contribution in [0.2, 0.25) is 0 Å². The zero-order valence-electron chi connectivity index (χ0n) is 8.13. The summed E-state index contributed by atoms with van der Waals surface area (Å²) in [5.41, 5.74) is 7.06. The Labute approximate surface area is 85.8 Å². The van der Waals surface area contributed by atoms with Gasteiger partial charge in [0.15, 0.2) is 0 Å². The summed E-state index contributed by atoms with van der Waals surface area (Å²) >= 11 is 0. The van der Waals surface area contributed by atoms with Crippen molar-refractivity contribution in [1.82, 2.24) is 0 Å². The van der Waals surface area contributed by atoms with E-state index in [9.17, 15) is 8.60 Å². The second-order valence-corrected chi connectivity index (χ2v) is 4.72. The fraction of sp³-hybridized carbons (Fsp3) is 0.400. The van der Waals surface area contributed by atoms with Crippen LogP contribution in [-0.4, -0.2) is 16.5 Å². The Morgan fingerprint density at radius 3 is 2.86 bits per heavy atom. The van der Waals surface area contributed by atoms with Crippen molar-refractivity contribution in [3.63, 3.8) is 0 Å². The highest BCUT2D eigenvalue weighted by Crippen LogP contribution is 2.12. The molecule has 1 unspecified atom stereocenters. The van der Waals surface area contributed by atoms with Gasteiger partial charge in [0.05, 0.1) is 0 Å². The lowest BCUT2D eigenvalue weighted by Gasteiger charge is -2.05. The van der Waals surface area contributed by atoms with E-state index in [4.69, 9.17) is 5.73 Å². The molecular formula is C10H14FNOS. The SMILES string of the molecule is Cc1ccc(F)cc1CS(=O)CCN. The van der Waals surface area contributed by atoms with Gasteiger partial charge in [0.2, 0.25) is 0 Å². The van der Waals surface area contributed by atoms with Crippen LogP contribution in [0.1, 0.15) is 11.1 Å². The molecule has 0 fully saturated rings. The standard InChI is InChI=1S/C10H14FNOS/c1-8-2-3-10(11)6-9(8)7-14(13)5-4-12/h2-3,6H,4-5,7,12H2,1H3. The third-order valence-electron chi connectivity index (χ3n) is 1.97. The number of halogens is 1. The minimum absolute atomic E-state index is 0.282. The van der Waals surface area contributed by atoms with Gasteiger partial charge in [-0.15, -0.1) is 0 Å². The molecule has 1 atom stereocenters. The monoisotopic (exact) mass is 215 g/mol. The molecule has 0 aromatic heterocycles. The van der Waals surface area contributed by atoms with Crippen LogP contribution in [0, 0.1) is 12.7 Å². The van der Waals surface area contributed by atoms with Crippen LogP contribution in [0.5, 0.6) is 0 Å². The number of hydrogen-bond donors (Lipinski definition) is 1. The van der Waals surface area contributed by atoms with E-state index < -0.39 is 10.8 Å². The van der Waals surface area contributed by atoms with Crippen molar-refractivity contribution in [3.05, 3.63) is 35.1 Å². The van der Waals surface area contributed by atoms with Gasteiger partial charge in [-0.25, -0.2) is 4.39 Å². The van der Waals surface area contributed by atoms with Gasteiger partial charge in [-0.1, -0.05) is 6.07 Å². The summed E-state index contributed by atoms with van der Waals surface area (Å²) in [5.74, 6) is 0.576. The zero-order chi connectivity index (χ0) is 10.6. The molecule has 2 N–H and O–H groups in total. The lowest BCUT2D eigenvalue weighted by molar-refractivity contribution is 0.625. The van der Waals surface area contributed by atoms with Crippen LogP contribution in [0.4, 0.5) is 4.39 Å². The topological polar surface area (TPSA) is 43.1 Å². The maximum atomic E-state index is 12.9. The van der Waals surface area contributed by atoms with Gasteiger partial charge < -0.3 is 5.73 Å². The number of aryl methyl sites for hydroxylation is 1. The van der Waals surface area contributed by atoms with E-state index in [1.54, 1.807) is 6.07 Å². The lowest BCUT2D eigenvalue weighted by atomic mass is 10.1. The first kappa shape index (κ1) is 11.3. The minimum Gasteiger partial charge on any atom is -0.330 e. The van der Waals surface area contributed by atoms with E-state index >= 15 is 0 Å². The third kappa shape index (κ3) is 3.20. The van der Waals surface area contributed by atoms with Crippen molar-refractivity contribution in [2.45, 2.75) is 12.7 Å². The van der Waals surface area contributed by atoms with Crippen molar-refractivity contribution in [2.24, 2.45) is 5.73 Å². The first-order chi connectivity index (χ1) is 6.63. The normalized spacial score (nSPS) is 12.8. The Morgan fingerprint density at radius 2 is 2.21 bits per heavy atom. The molecule has 0 heterocycles. The average molecular weight is 215 g/mol. The Balaban J connectivity index is 2.75. The molecule has 2 nitrogen and oxygen atoms in total. The molecule has 78 valence electrons. The van der Waals surface area contributed by atoms with Gasteiger partial charge in [-0.05, 0) is 30.2 Å². The first-order valence-corrected chi connectivity index (χ1v) is 5.92. The number of benzene rings is 1. The van der Waals surface area contributed by atoms with E-state index in [1.807, 2.05) is 6.92 Å². The second-order valence-electron chi connectivity index (χ2n) is 3.15. The molecule has 0 saturated carbocycles. The lowest BCUT2D eigenvalue weighted by Crippen LogP contribution is -2.12. The molecule has 0 radical (unpaired) electrons. The number of rotatable bonds is 4. The average Bonchev–Trinajstić information content (AvgIpc) is 2.12. The summed E-state index contributed by atoms with van der Waals surface area (Å²) < 4.78 is 24.2. The van der Waals surface area contributed by atoms with Crippen molar-refractivity contribution in [2.75, 3.05) is 12.3 Å². The molecule has 0 aliphatic rings. The van der Waals surface area contributed by atoms with Crippen LogP contribution in [0.15, 0.2) is 18.2 Å². The van der Waals surface area contributed by atoms with E-state index in [0.29, 0.717) is 18.1 Å². The van der Waals surface area contributed by atoms with Crippen LogP contribution in [-0.2, 0) is 16.6 Å². The molecule has 1 aromatic carbocycles. The highest BCUT2D eigenvalue weighted by molar-refractivity contribution is 7.84. The van der Waals surface area contributed by atoms with E-state index in [0.717, 1.165) is 11.1 Å². The molecule has 0 saturated heterocycles. The molecule has 0 amide bonds. The molecule has 1 aromatic rings. The van der Waals surface area contributed by atoms with Crippen LogP contribution < -0.4 is 5.73 Å². The van der Waals surface area contributed by atoms with Crippen molar-refractivity contribution < 1.29 is 8.60 Å². The first-order valence-electron chi connectivity index (χ1n) is 4.43.